The summed E-state index contributed by atoms with van der Waals surface area (Å²) in [7, 11) is 0. The van der Waals surface area contributed by atoms with Gasteiger partial charge in [-0.15, -0.1) is 10.2 Å². The topological polar surface area (TPSA) is 77.2 Å². The number of hydrogen-bond acceptors (Lipinski definition) is 4. The number of aryl methyl sites for hydroxylation is 1. The molecule has 0 amide bonds. The maximum Gasteiger partial charge on any atom is 0.332 e. The van der Waals surface area contributed by atoms with Crippen LogP contribution in [0, 0.1) is 0 Å². The Morgan fingerprint density at radius 1 is 1.73 bits per heavy atom. The number of nitrogens with zero attached hydrogens (tertiary/aromatic N) is 3. The van der Waals surface area contributed by atoms with Gasteiger partial charge in [-0.3, -0.25) is 0 Å². The standard InChI is InChI=1S/C9H13N3O3/c1-2-12-5-10-11-8(12)6-3-4-7(15-6)9(13)14/h5-7H,2-4H2,1H3,(H,13,14). The SMILES string of the molecule is CCn1cnnc1C1CCC(C(=O)O)O1. The molecule has 0 radical (unpaired) electrons. The van der Waals surface area contributed by atoms with E-state index < -0.39 is 12.1 Å². The Labute approximate surface area is 86.9 Å². The zero-order valence-corrected chi connectivity index (χ0v) is 8.46. The third-order valence-corrected chi connectivity index (χ3v) is 2.57. The van der Waals surface area contributed by atoms with Crippen LogP contribution in [0.4, 0.5) is 0 Å². The van der Waals surface area contributed by atoms with Crippen LogP contribution in [0.1, 0.15) is 31.7 Å². The highest BCUT2D eigenvalue weighted by Crippen LogP contribution is 2.31. The summed E-state index contributed by atoms with van der Waals surface area (Å²) in [6, 6.07) is 0. The van der Waals surface area contributed by atoms with Crippen molar-refractivity contribution in [1.82, 2.24) is 14.8 Å². The van der Waals surface area contributed by atoms with Crippen LogP contribution in [0.2, 0.25) is 0 Å². The van der Waals surface area contributed by atoms with E-state index in [1.165, 1.54) is 0 Å². The number of rotatable bonds is 3. The third kappa shape index (κ3) is 1.85. The number of hydrogen-bond donors (Lipinski definition) is 1. The number of carboxylic acids is 1. The first-order valence-corrected chi connectivity index (χ1v) is 4.98. The lowest BCUT2D eigenvalue weighted by atomic mass is 10.2. The van der Waals surface area contributed by atoms with Crippen LogP contribution in [0.3, 0.4) is 0 Å². The Hall–Kier alpha value is -1.43. The van der Waals surface area contributed by atoms with Crippen molar-refractivity contribution in [3.8, 4) is 0 Å². The highest BCUT2D eigenvalue weighted by molar-refractivity contribution is 5.72. The van der Waals surface area contributed by atoms with Crippen LogP contribution in [0.25, 0.3) is 0 Å². The van der Waals surface area contributed by atoms with Crippen molar-refractivity contribution in [3.05, 3.63) is 12.2 Å². The van der Waals surface area contributed by atoms with Gasteiger partial charge in [0.1, 0.15) is 12.4 Å². The molecule has 0 bridgehead atoms. The van der Waals surface area contributed by atoms with Gasteiger partial charge < -0.3 is 14.4 Å². The van der Waals surface area contributed by atoms with Gasteiger partial charge in [0.2, 0.25) is 0 Å². The van der Waals surface area contributed by atoms with E-state index in [0.29, 0.717) is 12.8 Å². The third-order valence-electron chi connectivity index (χ3n) is 2.57. The van der Waals surface area contributed by atoms with E-state index in [-0.39, 0.29) is 6.10 Å². The normalized spacial score (nSPS) is 25.7. The van der Waals surface area contributed by atoms with E-state index in [0.717, 1.165) is 12.4 Å². The van der Waals surface area contributed by atoms with Gasteiger partial charge in [-0.05, 0) is 19.8 Å². The number of carboxylic acid groups (broad SMARTS) is 1. The van der Waals surface area contributed by atoms with Gasteiger partial charge in [-0.2, -0.15) is 0 Å². The van der Waals surface area contributed by atoms with Crippen molar-refractivity contribution in [2.75, 3.05) is 0 Å². The molecule has 1 fully saturated rings. The van der Waals surface area contributed by atoms with Gasteiger partial charge in [0.15, 0.2) is 11.9 Å². The van der Waals surface area contributed by atoms with Crippen LogP contribution in [0.5, 0.6) is 0 Å². The molecule has 1 aromatic rings. The number of aromatic nitrogens is 3. The Balaban J connectivity index is 2.10. The minimum atomic E-state index is -0.903. The van der Waals surface area contributed by atoms with Crippen molar-refractivity contribution >= 4 is 5.97 Å². The molecule has 0 aliphatic carbocycles. The van der Waals surface area contributed by atoms with Gasteiger partial charge in [0, 0.05) is 6.54 Å². The average Bonchev–Trinajstić information content (AvgIpc) is 2.85. The molecule has 0 spiro atoms. The second-order valence-electron chi connectivity index (χ2n) is 3.50. The molecule has 1 aliphatic rings. The van der Waals surface area contributed by atoms with E-state index in [9.17, 15) is 4.79 Å². The first-order valence-electron chi connectivity index (χ1n) is 4.98. The van der Waals surface area contributed by atoms with Gasteiger partial charge in [-0.1, -0.05) is 0 Å². The highest BCUT2D eigenvalue weighted by atomic mass is 16.5. The Morgan fingerprint density at radius 2 is 2.53 bits per heavy atom. The lowest BCUT2D eigenvalue weighted by Crippen LogP contribution is -2.19. The molecule has 1 saturated heterocycles. The lowest BCUT2D eigenvalue weighted by Gasteiger charge is -2.10. The summed E-state index contributed by atoms with van der Waals surface area (Å²) in [4.78, 5) is 10.7. The highest BCUT2D eigenvalue weighted by Gasteiger charge is 2.33. The van der Waals surface area contributed by atoms with Crippen molar-refractivity contribution in [1.29, 1.82) is 0 Å². The molecule has 2 unspecified atom stereocenters. The summed E-state index contributed by atoms with van der Waals surface area (Å²) in [5.74, 6) is -0.179. The van der Waals surface area contributed by atoms with Gasteiger partial charge >= 0.3 is 5.97 Å². The molecule has 82 valence electrons. The first-order chi connectivity index (χ1) is 7.22. The van der Waals surface area contributed by atoms with Crippen molar-refractivity contribution in [2.45, 2.75) is 38.5 Å². The molecule has 2 atom stereocenters. The molecule has 2 rings (SSSR count). The molecule has 0 aromatic carbocycles. The smallest absolute Gasteiger partial charge is 0.332 e. The van der Waals surface area contributed by atoms with Crippen molar-refractivity contribution in [2.24, 2.45) is 0 Å². The summed E-state index contributed by atoms with van der Waals surface area (Å²) in [5, 5.41) is 16.5. The first kappa shape index (κ1) is 10.1. The number of carbonyl (C=O) groups is 1. The Morgan fingerprint density at radius 3 is 3.13 bits per heavy atom. The minimum Gasteiger partial charge on any atom is -0.479 e. The summed E-state index contributed by atoms with van der Waals surface area (Å²) in [6.45, 7) is 2.75. The van der Waals surface area contributed by atoms with Gasteiger partial charge in [0.25, 0.3) is 0 Å². The molecule has 1 aliphatic heterocycles. The molecular weight excluding hydrogens is 198 g/mol. The van der Waals surface area contributed by atoms with E-state index >= 15 is 0 Å². The maximum atomic E-state index is 10.7. The second-order valence-corrected chi connectivity index (χ2v) is 3.50. The van der Waals surface area contributed by atoms with Crippen LogP contribution in [-0.2, 0) is 16.1 Å². The number of ether oxygens (including phenoxy) is 1. The van der Waals surface area contributed by atoms with E-state index in [2.05, 4.69) is 10.2 Å². The molecule has 0 saturated carbocycles. The molecular formula is C9H13N3O3. The maximum absolute atomic E-state index is 10.7. The van der Waals surface area contributed by atoms with Crippen LogP contribution in [-0.4, -0.2) is 31.9 Å². The fraction of sp³-hybridized carbons (Fsp3) is 0.667. The number of aliphatic carboxylic acids is 1. The zero-order chi connectivity index (χ0) is 10.8. The molecule has 6 nitrogen and oxygen atoms in total. The molecule has 2 heterocycles. The molecule has 1 N–H and O–H groups in total. The predicted octanol–water partition coefficient (Wildman–Crippen LogP) is 0.603. The van der Waals surface area contributed by atoms with Gasteiger partial charge in [0.05, 0.1) is 0 Å². The fourth-order valence-corrected chi connectivity index (χ4v) is 1.77. The average molecular weight is 211 g/mol. The summed E-state index contributed by atoms with van der Waals surface area (Å²) in [6.07, 6.45) is 1.93. The quantitative estimate of drug-likeness (QED) is 0.792. The van der Waals surface area contributed by atoms with E-state index in [1.807, 2.05) is 11.5 Å². The fourth-order valence-electron chi connectivity index (χ4n) is 1.77. The van der Waals surface area contributed by atoms with Gasteiger partial charge in [-0.25, -0.2) is 4.79 Å². The summed E-state index contributed by atoms with van der Waals surface area (Å²) >= 11 is 0. The largest absolute Gasteiger partial charge is 0.479 e. The van der Waals surface area contributed by atoms with E-state index in [1.54, 1.807) is 6.33 Å². The minimum absolute atomic E-state index is 0.228. The van der Waals surface area contributed by atoms with Crippen LogP contribution >= 0.6 is 0 Å². The zero-order valence-electron chi connectivity index (χ0n) is 8.46. The summed E-state index contributed by atoms with van der Waals surface area (Å²) < 4.78 is 7.26. The molecule has 15 heavy (non-hydrogen) atoms. The Bertz CT molecular complexity index is 363. The second kappa shape index (κ2) is 3.98. The van der Waals surface area contributed by atoms with Crippen LogP contribution in [0.15, 0.2) is 6.33 Å². The lowest BCUT2D eigenvalue weighted by molar-refractivity contribution is -0.149. The Kier molecular flexibility index (Phi) is 2.68. The van der Waals surface area contributed by atoms with Crippen LogP contribution < -0.4 is 0 Å². The van der Waals surface area contributed by atoms with E-state index in [4.69, 9.17) is 9.84 Å². The van der Waals surface area contributed by atoms with Crippen molar-refractivity contribution in [3.63, 3.8) is 0 Å². The summed E-state index contributed by atoms with van der Waals surface area (Å²) in [5.41, 5.74) is 0. The monoisotopic (exact) mass is 211 g/mol. The molecule has 6 heteroatoms. The van der Waals surface area contributed by atoms with Crippen molar-refractivity contribution < 1.29 is 14.6 Å². The molecule has 1 aromatic heterocycles. The predicted molar refractivity (Wildman–Crippen MR) is 50.2 cm³/mol.